The maximum Gasteiger partial charge on any atom is 0.223 e. The van der Waals surface area contributed by atoms with Crippen LogP contribution in [0, 0.1) is 11.8 Å². The SMILES string of the molecule is CCC(C)NC(=O)C1CCC(C(=O)NCCN(C)C)CC1. The van der Waals surface area contributed by atoms with Gasteiger partial charge >= 0.3 is 0 Å². The summed E-state index contributed by atoms with van der Waals surface area (Å²) in [6.07, 6.45) is 4.26. The van der Waals surface area contributed by atoms with Crippen molar-refractivity contribution < 1.29 is 9.59 Å². The maximum atomic E-state index is 12.1. The lowest BCUT2D eigenvalue weighted by molar-refractivity contribution is -0.130. The highest BCUT2D eigenvalue weighted by atomic mass is 16.2. The van der Waals surface area contributed by atoms with Crippen LogP contribution in [0.25, 0.3) is 0 Å². The van der Waals surface area contributed by atoms with E-state index in [4.69, 9.17) is 0 Å². The highest BCUT2D eigenvalue weighted by Crippen LogP contribution is 2.29. The predicted molar refractivity (Wildman–Crippen MR) is 84.9 cm³/mol. The van der Waals surface area contributed by atoms with Crippen molar-refractivity contribution in [2.45, 2.75) is 52.0 Å². The quantitative estimate of drug-likeness (QED) is 0.746. The lowest BCUT2D eigenvalue weighted by Gasteiger charge is -2.28. The van der Waals surface area contributed by atoms with E-state index in [1.807, 2.05) is 21.0 Å². The van der Waals surface area contributed by atoms with E-state index < -0.39 is 0 Å². The Hall–Kier alpha value is -1.10. The van der Waals surface area contributed by atoms with Crippen molar-refractivity contribution in [3.05, 3.63) is 0 Å². The molecule has 0 aromatic heterocycles. The Morgan fingerprint density at radius 3 is 2.10 bits per heavy atom. The molecule has 21 heavy (non-hydrogen) atoms. The van der Waals surface area contributed by atoms with E-state index in [1.165, 1.54) is 0 Å². The van der Waals surface area contributed by atoms with Crippen molar-refractivity contribution in [2.75, 3.05) is 27.2 Å². The van der Waals surface area contributed by atoms with Crippen molar-refractivity contribution >= 4 is 11.8 Å². The lowest BCUT2D eigenvalue weighted by Crippen LogP contribution is -2.41. The van der Waals surface area contributed by atoms with Gasteiger partial charge in [-0.2, -0.15) is 0 Å². The Labute approximate surface area is 128 Å². The normalized spacial score (nSPS) is 23.7. The van der Waals surface area contributed by atoms with Crippen LogP contribution in [0.2, 0.25) is 0 Å². The number of nitrogens with one attached hydrogen (secondary N) is 2. The van der Waals surface area contributed by atoms with Gasteiger partial charge in [0.1, 0.15) is 0 Å². The fraction of sp³-hybridized carbons (Fsp3) is 0.875. The molecule has 1 unspecified atom stereocenters. The van der Waals surface area contributed by atoms with E-state index in [2.05, 4.69) is 22.5 Å². The predicted octanol–water partition coefficient (Wildman–Crippen LogP) is 1.39. The van der Waals surface area contributed by atoms with Gasteiger partial charge in [0.15, 0.2) is 0 Å². The van der Waals surface area contributed by atoms with Crippen LogP contribution < -0.4 is 10.6 Å². The molecule has 0 radical (unpaired) electrons. The van der Waals surface area contributed by atoms with Crippen LogP contribution in [0.1, 0.15) is 46.0 Å². The first-order valence-corrected chi connectivity index (χ1v) is 8.16. The first-order valence-electron chi connectivity index (χ1n) is 8.16. The van der Waals surface area contributed by atoms with Crippen molar-refractivity contribution in [1.29, 1.82) is 0 Å². The Morgan fingerprint density at radius 1 is 1.10 bits per heavy atom. The summed E-state index contributed by atoms with van der Waals surface area (Å²) in [5, 5.41) is 6.03. The summed E-state index contributed by atoms with van der Waals surface area (Å²) in [7, 11) is 3.99. The third kappa shape index (κ3) is 6.46. The molecule has 5 nitrogen and oxygen atoms in total. The minimum atomic E-state index is 0.0832. The fourth-order valence-electron chi connectivity index (χ4n) is 2.63. The largest absolute Gasteiger partial charge is 0.355 e. The van der Waals surface area contributed by atoms with E-state index in [1.54, 1.807) is 0 Å². The van der Waals surface area contributed by atoms with Crippen LogP contribution in [0.15, 0.2) is 0 Å². The summed E-state index contributed by atoms with van der Waals surface area (Å²) < 4.78 is 0. The molecular weight excluding hydrogens is 266 g/mol. The molecular formula is C16H31N3O2. The highest BCUT2D eigenvalue weighted by Gasteiger charge is 2.29. The molecule has 0 bridgehead atoms. The topological polar surface area (TPSA) is 61.4 Å². The molecule has 0 heterocycles. The molecule has 122 valence electrons. The van der Waals surface area contributed by atoms with Crippen LogP contribution in [-0.2, 0) is 9.59 Å². The summed E-state index contributed by atoms with van der Waals surface area (Å²) in [5.74, 6) is 0.484. The molecule has 0 aromatic rings. The van der Waals surface area contributed by atoms with Crippen LogP contribution in [0.3, 0.4) is 0 Å². The van der Waals surface area contributed by atoms with Crippen LogP contribution in [0.4, 0.5) is 0 Å². The summed E-state index contributed by atoms with van der Waals surface area (Å²) in [5.41, 5.74) is 0. The average molecular weight is 297 g/mol. The Kier molecular flexibility index (Phi) is 7.72. The van der Waals surface area contributed by atoms with E-state index in [0.29, 0.717) is 6.54 Å². The lowest BCUT2D eigenvalue weighted by atomic mass is 9.81. The van der Waals surface area contributed by atoms with E-state index in [9.17, 15) is 9.59 Å². The minimum absolute atomic E-state index is 0.0832. The van der Waals surface area contributed by atoms with Crippen LogP contribution in [-0.4, -0.2) is 49.9 Å². The van der Waals surface area contributed by atoms with Gasteiger partial charge in [-0.1, -0.05) is 6.92 Å². The Balaban J connectivity index is 2.28. The minimum Gasteiger partial charge on any atom is -0.355 e. The van der Waals surface area contributed by atoms with Crippen LogP contribution in [0.5, 0.6) is 0 Å². The Morgan fingerprint density at radius 2 is 1.62 bits per heavy atom. The molecule has 2 amide bonds. The number of carbonyl (C=O) groups excluding carboxylic acids is 2. The molecule has 1 fully saturated rings. The van der Waals surface area contributed by atoms with Gasteiger partial charge < -0.3 is 15.5 Å². The molecule has 1 saturated carbocycles. The van der Waals surface area contributed by atoms with Crippen LogP contribution >= 0.6 is 0 Å². The molecule has 0 spiro atoms. The van der Waals surface area contributed by atoms with Gasteiger partial charge in [0.2, 0.25) is 11.8 Å². The third-order valence-corrected chi connectivity index (χ3v) is 4.33. The van der Waals surface area contributed by atoms with Gasteiger partial charge in [0.05, 0.1) is 0 Å². The van der Waals surface area contributed by atoms with E-state index in [-0.39, 0.29) is 29.7 Å². The zero-order valence-electron chi connectivity index (χ0n) is 13.9. The average Bonchev–Trinajstić information content (AvgIpc) is 2.46. The second-order valence-electron chi connectivity index (χ2n) is 6.46. The zero-order valence-corrected chi connectivity index (χ0v) is 13.9. The van der Waals surface area contributed by atoms with Crippen molar-refractivity contribution in [1.82, 2.24) is 15.5 Å². The molecule has 2 N–H and O–H groups in total. The van der Waals surface area contributed by atoms with Gasteiger partial charge in [-0.15, -0.1) is 0 Å². The first-order chi connectivity index (χ1) is 9.93. The molecule has 1 aliphatic carbocycles. The second-order valence-corrected chi connectivity index (χ2v) is 6.46. The molecule has 1 atom stereocenters. The summed E-state index contributed by atoms with van der Waals surface area (Å²) >= 11 is 0. The smallest absolute Gasteiger partial charge is 0.223 e. The molecule has 0 saturated heterocycles. The molecule has 0 aromatic carbocycles. The molecule has 0 aliphatic heterocycles. The molecule has 5 heteroatoms. The van der Waals surface area contributed by atoms with Crippen molar-refractivity contribution in [2.24, 2.45) is 11.8 Å². The van der Waals surface area contributed by atoms with Crippen molar-refractivity contribution in [3.8, 4) is 0 Å². The maximum absolute atomic E-state index is 12.1. The third-order valence-electron chi connectivity index (χ3n) is 4.33. The first kappa shape index (κ1) is 18.0. The second kappa shape index (κ2) is 9.03. The number of hydrogen-bond donors (Lipinski definition) is 2. The van der Waals surface area contributed by atoms with Gasteiger partial charge in [-0.05, 0) is 53.1 Å². The number of amides is 2. The fourth-order valence-corrected chi connectivity index (χ4v) is 2.63. The monoisotopic (exact) mass is 297 g/mol. The summed E-state index contributed by atoms with van der Waals surface area (Å²) in [6.45, 7) is 5.65. The summed E-state index contributed by atoms with van der Waals surface area (Å²) in [6, 6.07) is 0.240. The van der Waals surface area contributed by atoms with Gasteiger partial charge in [0.25, 0.3) is 0 Å². The van der Waals surface area contributed by atoms with Gasteiger partial charge in [-0.3, -0.25) is 9.59 Å². The number of likely N-dealkylation sites (N-methyl/N-ethyl adjacent to an activating group) is 1. The number of carbonyl (C=O) groups is 2. The summed E-state index contributed by atoms with van der Waals surface area (Å²) in [4.78, 5) is 26.2. The van der Waals surface area contributed by atoms with E-state index in [0.717, 1.165) is 38.6 Å². The number of rotatable bonds is 7. The standard InChI is InChI=1S/C16H31N3O2/c1-5-12(2)18-16(21)14-8-6-13(7-9-14)15(20)17-10-11-19(3)4/h12-14H,5-11H2,1-4H3,(H,17,20)(H,18,21). The molecule has 1 aliphatic rings. The number of nitrogens with zero attached hydrogens (tertiary/aromatic N) is 1. The van der Waals surface area contributed by atoms with Gasteiger partial charge in [0, 0.05) is 31.0 Å². The zero-order chi connectivity index (χ0) is 15.8. The number of hydrogen-bond acceptors (Lipinski definition) is 3. The molecule has 1 rings (SSSR count). The highest BCUT2D eigenvalue weighted by molar-refractivity contribution is 5.81. The van der Waals surface area contributed by atoms with E-state index >= 15 is 0 Å². The van der Waals surface area contributed by atoms with Crippen molar-refractivity contribution in [3.63, 3.8) is 0 Å². The van der Waals surface area contributed by atoms with Gasteiger partial charge in [-0.25, -0.2) is 0 Å². The Bertz CT molecular complexity index is 336.